The number of aliphatic imine (C=N–C) groups is 1. The molecule has 4 rings (SSSR count). The topological polar surface area (TPSA) is 73.0 Å². The Morgan fingerprint density at radius 2 is 2.03 bits per heavy atom. The van der Waals surface area contributed by atoms with Gasteiger partial charge < -0.3 is 24.8 Å². The van der Waals surface area contributed by atoms with Crippen molar-refractivity contribution in [3.63, 3.8) is 0 Å². The van der Waals surface area contributed by atoms with Crippen molar-refractivity contribution in [3.8, 4) is 0 Å². The van der Waals surface area contributed by atoms with E-state index in [1.807, 2.05) is 4.90 Å². The lowest BCUT2D eigenvalue weighted by Crippen LogP contribution is -2.55. The Morgan fingerprint density at radius 1 is 1.26 bits per heavy atom. The van der Waals surface area contributed by atoms with Crippen LogP contribution in [0.3, 0.4) is 0 Å². The lowest BCUT2D eigenvalue weighted by Gasteiger charge is -2.37. The van der Waals surface area contributed by atoms with Crippen LogP contribution >= 0.6 is 24.0 Å². The number of guanidine groups is 1. The molecule has 1 atom stereocenters. The van der Waals surface area contributed by atoms with Crippen LogP contribution in [0.1, 0.15) is 30.9 Å². The van der Waals surface area contributed by atoms with E-state index in [-0.39, 0.29) is 36.0 Å². The number of carbonyl (C=O) groups excluding carboxylic acids is 1. The van der Waals surface area contributed by atoms with Crippen LogP contribution in [0.15, 0.2) is 29.4 Å². The second-order valence-electron chi connectivity index (χ2n) is 8.11. The maximum atomic E-state index is 12.6. The first kappa shape index (κ1) is 23.8. The summed E-state index contributed by atoms with van der Waals surface area (Å²) in [5, 5.41) is 4.74. The smallest absolute Gasteiger partial charge is 0.251 e. The van der Waals surface area contributed by atoms with Crippen molar-refractivity contribution >= 4 is 46.7 Å². The predicted octanol–water partition coefficient (Wildman–Crippen LogP) is 2.93. The number of aromatic amines is 1. The second-order valence-corrected chi connectivity index (χ2v) is 8.11. The van der Waals surface area contributed by atoms with Gasteiger partial charge in [-0.05, 0) is 50.3 Å². The minimum Gasteiger partial charge on any atom is -0.368 e. The summed E-state index contributed by atoms with van der Waals surface area (Å²) >= 11 is 0. The van der Waals surface area contributed by atoms with Crippen LogP contribution in [-0.4, -0.2) is 78.6 Å². The fourth-order valence-corrected chi connectivity index (χ4v) is 4.47. The Kier molecular flexibility index (Phi) is 8.59. The van der Waals surface area contributed by atoms with Crippen molar-refractivity contribution in [1.29, 1.82) is 0 Å². The maximum absolute atomic E-state index is 12.6. The summed E-state index contributed by atoms with van der Waals surface area (Å²) < 4.78 is 5.56. The van der Waals surface area contributed by atoms with Gasteiger partial charge in [-0.3, -0.25) is 9.79 Å². The number of fused-ring (bicyclic) bond motifs is 1. The highest BCUT2D eigenvalue weighted by Crippen LogP contribution is 2.22. The fraction of sp³-hybridized carbons (Fsp3) is 0.565. The van der Waals surface area contributed by atoms with Crippen LogP contribution in [-0.2, 0) is 16.0 Å². The lowest BCUT2D eigenvalue weighted by molar-refractivity contribution is -0.142. The van der Waals surface area contributed by atoms with Gasteiger partial charge in [-0.25, -0.2) is 0 Å². The summed E-state index contributed by atoms with van der Waals surface area (Å²) in [5.74, 6) is 1.10. The summed E-state index contributed by atoms with van der Waals surface area (Å²) in [6.45, 7) is 9.59. The Hall–Kier alpha value is -1.81. The summed E-state index contributed by atoms with van der Waals surface area (Å²) in [6, 6.07) is 6.36. The second kappa shape index (κ2) is 11.2. The number of hydrogen-bond donors (Lipinski definition) is 2. The van der Waals surface area contributed by atoms with Crippen molar-refractivity contribution in [3.05, 3.63) is 35.5 Å². The number of benzene rings is 1. The van der Waals surface area contributed by atoms with E-state index in [2.05, 4.69) is 53.4 Å². The number of amides is 1. The highest BCUT2D eigenvalue weighted by Gasteiger charge is 2.30. The van der Waals surface area contributed by atoms with Crippen LogP contribution in [0, 0.1) is 6.92 Å². The minimum atomic E-state index is -0.224. The first-order valence-corrected chi connectivity index (χ1v) is 11.2. The monoisotopic (exact) mass is 539 g/mol. The van der Waals surface area contributed by atoms with Gasteiger partial charge in [0.05, 0.1) is 0 Å². The van der Waals surface area contributed by atoms with Gasteiger partial charge >= 0.3 is 0 Å². The molecule has 1 amide bonds. The SMILES string of the molecule is CCNC(=NCCc1c[nH]c2cccc(C)c12)N1CCN(C(=O)C2CCCO2)CC1.I. The van der Waals surface area contributed by atoms with Crippen molar-refractivity contribution < 1.29 is 9.53 Å². The summed E-state index contributed by atoms with van der Waals surface area (Å²) in [5.41, 5.74) is 3.80. The van der Waals surface area contributed by atoms with Crippen LogP contribution in [0.2, 0.25) is 0 Å². The average Bonchev–Trinajstić information content (AvgIpc) is 3.44. The van der Waals surface area contributed by atoms with Crippen LogP contribution in [0.4, 0.5) is 0 Å². The van der Waals surface area contributed by atoms with Gasteiger partial charge in [-0.1, -0.05) is 12.1 Å². The van der Waals surface area contributed by atoms with Crippen molar-refractivity contribution in [2.45, 2.75) is 39.2 Å². The Bertz CT molecular complexity index is 899. The first-order chi connectivity index (χ1) is 14.7. The molecule has 2 aliphatic rings. The van der Waals surface area contributed by atoms with E-state index in [1.54, 1.807) is 0 Å². The standard InChI is InChI=1S/C23H33N5O2.HI/c1-3-24-23(25-10-9-18-16-26-19-7-4-6-17(2)21(18)19)28-13-11-27(12-14-28)22(29)20-8-5-15-30-20;/h4,6-7,16,20,26H,3,5,8-15H2,1-2H3,(H,24,25);1H. The zero-order chi connectivity index (χ0) is 20.9. The van der Waals surface area contributed by atoms with Crippen molar-refractivity contribution in [1.82, 2.24) is 20.1 Å². The third-order valence-corrected chi connectivity index (χ3v) is 6.07. The van der Waals surface area contributed by atoms with Gasteiger partial charge in [-0.15, -0.1) is 24.0 Å². The molecule has 170 valence electrons. The fourth-order valence-electron chi connectivity index (χ4n) is 4.47. The van der Waals surface area contributed by atoms with Crippen LogP contribution in [0.5, 0.6) is 0 Å². The molecule has 1 aromatic heterocycles. The van der Waals surface area contributed by atoms with E-state index < -0.39 is 0 Å². The molecule has 2 N–H and O–H groups in total. The summed E-state index contributed by atoms with van der Waals surface area (Å²) in [6.07, 6.45) is 4.63. The lowest BCUT2D eigenvalue weighted by atomic mass is 10.1. The molecule has 7 nitrogen and oxygen atoms in total. The molecule has 2 saturated heterocycles. The van der Waals surface area contributed by atoms with E-state index in [4.69, 9.17) is 9.73 Å². The molecule has 0 radical (unpaired) electrons. The Labute approximate surface area is 201 Å². The zero-order valence-corrected chi connectivity index (χ0v) is 20.9. The van der Waals surface area contributed by atoms with Crippen molar-refractivity contribution in [2.75, 3.05) is 45.9 Å². The van der Waals surface area contributed by atoms with Crippen molar-refractivity contribution in [2.24, 2.45) is 4.99 Å². The van der Waals surface area contributed by atoms with Gasteiger partial charge in [0, 0.05) is 63.0 Å². The predicted molar refractivity (Wildman–Crippen MR) is 135 cm³/mol. The Balaban J connectivity index is 0.00000272. The average molecular weight is 539 g/mol. The number of nitrogens with one attached hydrogen (secondary N) is 2. The number of rotatable bonds is 5. The molecule has 1 unspecified atom stereocenters. The largest absolute Gasteiger partial charge is 0.368 e. The highest BCUT2D eigenvalue weighted by atomic mass is 127. The normalized spacial score (nSPS) is 19.5. The molecule has 0 saturated carbocycles. The number of aromatic nitrogens is 1. The number of aryl methyl sites for hydroxylation is 1. The number of piperazine rings is 1. The van der Waals surface area contributed by atoms with E-state index >= 15 is 0 Å². The van der Waals surface area contributed by atoms with Crippen LogP contribution < -0.4 is 5.32 Å². The van der Waals surface area contributed by atoms with E-state index in [1.165, 1.54) is 22.0 Å². The first-order valence-electron chi connectivity index (χ1n) is 11.2. The number of halogens is 1. The molecule has 0 aliphatic carbocycles. The third kappa shape index (κ3) is 5.52. The molecule has 2 aromatic rings. The van der Waals surface area contributed by atoms with Gasteiger partial charge in [0.1, 0.15) is 6.10 Å². The van der Waals surface area contributed by atoms with E-state index in [9.17, 15) is 4.79 Å². The number of hydrogen-bond acceptors (Lipinski definition) is 3. The molecule has 3 heterocycles. The summed E-state index contributed by atoms with van der Waals surface area (Å²) in [7, 11) is 0. The molecule has 0 spiro atoms. The molecule has 0 bridgehead atoms. The summed E-state index contributed by atoms with van der Waals surface area (Å²) in [4.78, 5) is 25.0. The number of carbonyl (C=O) groups is 1. The highest BCUT2D eigenvalue weighted by molar-refractivity contribution is 14.0. The quantitative estimate of drug-likeness (QED) is 0.348. The number of H-pyrrole nitrogens is 1. The number of nitrogens with zero attached hydrogens (tertiary/aromatic N) is 3. The Morgan fingerprint density at radius 3 is 2.74 bits per heavy atom. The zero-order valence-electron chi connectivity index (χ0n) is 18.5. The molecule has 8 heteroatoms. The molecule has 2 aliphatic heterocycles. The van der Waals surface area contributed by atoms with E-state index in [0.29, 0.717) is 6.61 Å². The third-order valence-electron chi connectivity index (χ3n) is 6.07. The van der Waals surface area contributed by atoms with Gasteiger partial charge in [0.25, 0.3) is 5.91 Å². The molecule has 31 heavy (non-hydrogen) atoms. The maximum Gasteiger partial charge on any atom is 0.251 e. The minimum absolute atomic E-state index is 0. The van der Waals surface area contributed by atoms with Crippen LogP contribution in [0.25, 0.3) is 10.9 Å². The molecule has 1 aromatic carbocycles. The van der Waals surface area contributed by atoms with Gasteiger partial charge in [0.15, 0.2) is 5.96 Å². The van der Waals surface area contributed by atoms with E-state index in [0.717, 1.165) is 64.5 Å². The molecular formula is C23H34IN5O2. The number of ether oxygens (including phenoxy) is 1. The molecular weight excluding hydrogens is 505 g/mol. The van der Waals surface area contributed by atoms with Gasteiger partial charge in [-0.2, -0.15) is 0 Å². The molecule has 2 fully saturated rings. The van der Waals surface area contributed by atoms with Gasteiger partial charge in [0.2, 0.25) is 0 Å².